The maximum atomic E-state index is 12.9. The van der Waals surface area contributed by atoms with E-state index in [0.29, 0.717) is 41.2 Å². The molecule has 0 fully saturated rings. The molecule has 0 saturated carbocycles. The van der Waals surface area contributed by atoms with Crippen LogP contribution in [-0.4, -0.2) is 30.5 Å². The molecule has 0 aromatic heterocycles. The van der Waals surface area contributed by atoms with Crippen LogP contribution in [0.5, 0.6) is 11.5 Å². The van der Waals surface area contributed by atoms with Crippen LogP contribution in [0.25, 0.3) is 0 Å². The van der Waals surface area contributed by atoms with Crippen molar-refractivity contribution in [1.29, 1.82) is 0 Å². The van der Waals surface area contributed by atoms with Crippen LogP contribution in [0.4, 0.5) is 5.69 Å². The molecule has 4 rings (SSSR count). The second-order valence-electron chi connectivity index (χ2n) is 9.67. The lowest BCUT2D eigenvalue weighted by Crippen LogP contribution is -2.25. The summed E-state index contributed by atoms with van der Waals surface area (Å²) in [6.07, 6.45) is 6.00. The lowest BCUT2D eigenvalue weighted by Gasteiger charge is -2.25. The second kappa shape index (κ2) is 11.4. The molecule has 0 saturated heterocycles. The molecule has 0 radical (unpaired) electrons. The fourth-order valence-electron chi connectivity index (χ4n) is 4.91. The van der Waals surface area contributed by atoms with Crippen molar-refractivity contribution in [2.24, 2.45) is 5.92 Å². The van der Waals surface area contributed by atoms with E-state index in [4.69, 9.17) is 4.74 Å². The van der Waals surface area contributed by atoms with Crippen LogP contribution in [0.15, 0.2) is 60.7 Å². The number of aryl methyl sites for hydroxylation is 1. The number of anilines is 1. The molecule has 0 aliphatic heterocycles. The predicted molar refractivity (Wildman–Crippen MR) is 143 cm³/mol. The quantitative estimate of drug-likeness (QED) is 0.188. The van der Waals surface area contributed by atoms with E-state index in [0.717, 1.165) is 24.2 Å². The van der Waals surface area contributed by atoms with E-state index in [1.165, 1.54) is 19.3 Å². The molecular formula is C31H35NO4. The van der Waals surface area contributed by atoms with Gasteiger partial charge in [0.05, 0.1) is 11.1 Å². The zero-order chi connectivity index (χ0) is 25.7. The molecule has 1 aliphatic rings. The Kier molecular flexibility index (Phi) is 8.09. The number of unbranched alkanes of at least 4 members (excludes halogenated alkanes) is 1. The number of fused-ring (bicyclic) bond motifs is 2. The summed E-state index contributed by atoms with van der Waals surface area (Å²) in [5, 5.41) is 10.8. The molecule has 2 bridgehead atoms. The van der Waals surface area contributed by atoms with Gasteiger partial charge in [-0.15, -0.1) is 0 Å². The summed E-state index contributed by atoms with van der Waals surface area (Å²) in [4.78, 5) is 28.1. The molecule has 5 heteroatoms. The summed E-state index contributed by atoms with van der Waals surface area (Å²) >= 11 is 0. The number of hydrogen-bond acceptors (Lipinski definition) is 5. The number of phenolic OH excluding ortho intramolecular Hbond substituents is 1. The van der Waals surface area contributed by atoms with Crippen molar-refractivity contribution in [2.45, 2.75) is 52.4 Å². The Morgan fingerprint density at radius 1 is 1.00 bits per heavy atom. The van der Waals surface area contributed by atoms with Gasteiger partial charge in [-0.05, 0) is 61.1 Å². The third-order valence-corrected chi connectivity index (χ3v) is 7.16. The Hall–Kier alpha value is -3.60. The van der Waals surface area contributed by atoms with Gasteiger partial charge in [0.25, 0.3) is 0 Å². The second-order valence-corrected chi connectivity index (χ2v) is 9.67. The molecule has 0 spiro atoms. The number of esters is 1. The molecule has 0 amide bonds. The zero-order valence-electron chi connectivity index (χ0n) is 21.4. The highest BCUT2D eigenvalue weighted by molar-refractivity contribution is 6.11. The van der Waals surface area contributed by atoms with Crippen molar-refractivity contribution in [3.8, 4) is 11.5 Å². The molecule has 1 unspecified atom stereocenters. The van der Waals surface area contributed by atoms with E-state index in [1.807, 2.05) is 18.2 Å². The van der Waals surface area contributed by atoms with Crippen molar-refractivity contribution in [1.82, 2.24) is 0 Å². The molecule has 36 heavy (non-hydrogen) atoms. The Bertz CT molecular complexity index is 1220. The predicted octanol–water partition coefficient (Wildman–Crippen LogP) is 6.59. The molecule has 3 aromatic carbocycles. The average Bonchev–Trinajstić information content (AvgIpc) is 3.21. The number of hydrogen-bond donors (Lipinski definition) is 1. The molecule has 1 atom stereocenters. The Labute approximate surface area is 213 Å². The third kappa shape index (κ3) is 5.46. The van der Waals surface area contributed by atoms with Gasteiger partial charge < -0.3 is 14.7 Å². The molecule has 188 valence electrons. The lowest BCUT2D eigenvalue weighted by molar-refractivity contribution is 0.0733. The van der Waals surface area contributed by atoms with Crippen LogP contribution in [-0.2, 0) is 12.8 Å². The normalized spacial score (nSPS) is 12.9. The number of benzene rings is 3. The maximum Gasteiger partial charge on any atom is 0.343 e. The number of aromatic hydroxyl groups is 1. The minimum absolute atomic E-state index is 0.0987. The van der Waals surface area contributed by atoms with E-state index in [2.05, 4.69) is 25.8 Å². The topological polar surface area (TPSA) is 66.8 Å². The molecule has 0 heterocycles. The number of nitrogens with zero attached hydrogens (tertiary/aromatic N) is 1. The van der Waals surface area contributed by atoms with E-state index in [9.17, 15) is 14.7 Å². The van der Waals surface area contributed by atoms with Crippen LogP contribution in [0, 0.1) is 5.92 Å². The van der Waals surface area contributed by atoms with Crippen LogP contribution >= 0.6 is 0 Å². The smallest absolute Gasteiger partial charge is 0.343 e. The number of carbonyl (C=O) groups is 2. The fraction of sp³-hybridized carbons (Fsp3) is 0.355. The van der Waals surface area contributed by atoms with Gasteiger partial charge in [-0.2, -0.15) is 0 Å². The highest BCUT2D eigenvalue weighted by atomic mass is 16.5. The number of phenols is 1. The summed E-state index contributed by atoms with van der Waals surface area (Å²) in [6, 6.07) is 18.0. The molecule has 3 aromatic rings. The van der Waals surface area contributed by atoms with E-state index in [-0.39, 0.29) is 17.1 Å². The van der Waals surface area contributed by atoms with Crippen molar-refractivity contribution >= 4 is 17.4 Å². The van der Waals surface area contributed by atoms with Crippen LogP contribution in [0.1, 0.15) is 76.9 Å². The highest BCUT2D eigenvalue weighted by Gasteiger charge is 2.29. The number of carbonyl (C=O) groups excluding carboxylic acids is 2. The van der Waals surface area contributed by atoms with Gasteiger partial charge >= 0.3 is 5.97 Å². The van der Waals surface area contributed by atoms with Gasteiger partial charge in [0.2, 0.25) is 0 Å². The SMILES string of the molecule is CCCCC(CC)CN(C)c1ccc(C(=O)Oc2c3cc(C(=O)c4ccccc4)c(O)c2CC3)cc1. The Balaban J connectivity index is 1.47. The largest absolute Gasteiger partial charge is 0.507 e. The first kappa shape index (κ1) is 25.5. The van der Waals surface area contributed by atoms with E-state index >= 15 is 0 Å². The van der Waals surface area contributed by atoms with Crippen molar-refractivity contribution in [3.05, 3.63) is 88.5 Å². The van der Waals surface area contributed by atoms with Crippen molar-refractivity contribution in [3.63, 3.8) is 0 Å². The average molecular weight is 486 g/mol. The molecule has 1 aliphatic carbocycles. The zero-order valence-corrected chi connectivity index (χ0v) is 21.4. The van der Waals surface area contributed by atoms with Crippen LogP contribution in [0.3, 0.4) is 0 Å². The maximum absolute atomic E-state index is 12.9. The van der Waals surface area contributed by atoms with Crippen LogP contribution < -0.4 is 9.64 Å². The van der Waals surface area contributed by atoms with Gasteiger partial charge in [-0.25, -0.2) is 4.79 Å². The van der Waals surface area contributed by atoms with Gasteiger partial charge in [-0.3, -0.25) is 4.79 Å². The standard InChI is InChI=1S/C31H35NO4/c1-4-6-10-21(5-2)20-32(3)25-16-13-23(14-17-25)31(35)36-30-24-15-18-26(30)29(34)27(19-24)28(33)22-11-8-7-9-12-22/h7-9,11-14,16-17,19,21,34H,4-6,10,15,18,20H2,1-3H3. The lowest BCUT2D eigenvalue weighted by atomic mass is 9.98. The molecule has 1 N–H and O–H groups in total. The minimum atomic E-state index is -0.468. The van der Waals surface area contributed by atoms with Crippen molar-refractivity contribution in [2.75, 3.05) is 18.5 Å². The summed E-state index contributed by atoms with van der Waals surface area (Å²) in [5.41, 5.74) is 3.57. The van der Waals surface area contributed by atoms with E-state index < -0.39 is 5.97 Å². The first-order valence-corrected chi connectivity index (χ1v) is 12.9. The summed E-state index contributed by atoms with van der Waals surface area (Å²) in [6.45, 7) is 5.45. The van der Waals surface area contributed by atoms with E-state index in [1.54, 1.807) is 42.5 Å². The molecule has 5 nitrogen and oxygen atoms in total. The number of rotatable bonds is 11. The first-order chi connectivity index (χ1) is 17.4. The van der Waals surface area contributed by atoms with Crippen molar-refractivity contribution < 1.29 is 19.4 Å². The third-order valence-electron chi connectivity index (χ3n) is 7.16. The van der Waals surface area contributed by atoms with Gasteiger partial charge in [-0.1, -0.05) is 63.4 Å². The van der Waals surface area contributed by atoms with Crippen LogP contribution in [0.2, 0.25) is 0 Å². The van der Waals surface area contributed by atoms with Gasteiger partial charge in [0.1, 0.15) is 11.5 Å². The molecular weight excluding hydrogens is 450 g/mol. The highest BCUT2D eigenvalue weighted by Crippen LogP contribution is 2.42. The minimum Gasteiger partial charge on any atom is -0.507 e. The van der Waals surface area contributed by atoms with Gasteiger partial charge in [0.15, 0.2) is 5.78 Å². The van der Waals surface area contributed by atoms with Gasteiger partial charge in [0, 0.05) is 30.4 Å². The first-order valence-electron chi connectivity index (χ1n) is 12.9. The Morgan fingerprint density at radius 2 is 1.72 bits per heavy atom. The summed E-state index contributed by atoms with van der Waals surface area (Å²) in [7, 11) is 2.09. The summed E-state index contributed by atoms with van der Waals surface area (Å²) in [5.74, 6) is 0.227. The number of ketones is 1. The summed E-state index contributed by atoms with van der Waals surface area (Å²) < 4.78 is 5.75. The number of ether oxygens (including phenoxy) is 1. The Morgan fingerprint density at radius 3 is 2.39 bits per heavy atom. The monoisotopic (exact) mass is 485 g/mol. The fourth-order valence-corrected chi connectivity index (χ4v) is 4.91.